The lowest BCUT2D eigenvalue weighted by Crippen LogP contribution is -2.12. The molecule has 0 unspecified atom stereocenters. The van der Waals surface area contributed by atoms with Gasteiger partial charge in [0.05, 0.1) is 0 Å². The average Bonchev–Trinajstić information content (AvgIpc) is 3.15. The van der Waals surface area contributed by atoms with Crippen LogP contribution < -0.4 is 9.47 Å². The third-order valence-electron chi connectivity index (χ3n) is 7.82. The Morgan fingerprint density at radius 1 is 0.425 bits per heavy atom. The van der Waals surface area contributed by atoms with Crippen LogP contribution in [-0.2, 0) is 25.7 Å². The lowest BCUT2D eigenvalue weighted by Gasteiger charge is -2.15. The first kappa shape index (κ1) is 24.2. The van der Waals surface area contributed by atoms with Crippen LogP contribution in [-0.4, -0.2) is 6.16 Å². The summed E-state index contributed by atoms with van der Waals surface area (Å²) >= 11 is 0. The molecule has 0 atom stereocenters. The van der Waals surface area contributed by atoms with Crippen molar-refractivity contribution in [3.05, 3.63) is 144 Å². The second kappa shape index (κ2) is 10.3. The molecule has 0 spiro atoms. The quantitative estimate of drug-likeness (QED) is 0.162. The van der Waals surface area contributed by atoms with Crippen molar-refractivity contribution in [2.24, 2.45) is 0 Å². The summed E-state index contributed by atoms with van der Waals surface area (Å²) in [4.78, 5) is 12.6. The van der Waals surface area contributed by atoms with Crippen molar-refractivity contribution >= 4 is 27.7 Å². The van der Waals surface area contributed by atoms with Crippen LogP contribution in [0.2, 0.25) is 0 Å². The number of benzene rings is 6. The van der Waals surface area contributed by atoms with Crippen molar-refractivity contribution < 1.29 is 14.3 Å². The Morgan fingerprint density at radius 3 is 1.30 bits per heavy atom. The number of fused-ring (bicyclic) bond motifs is 7. The highest BCUT2D eigenvalue weighted by Crippen LogP contribution is 2.47. The maximum absolute atomic E-state index is 12.6. The summed E-state index contributed by atoms with van der Waals surface area (Å²) in [5.74, 6) is 1.04. The third kappa shape index (κ3) is 4.71. The number of carbonyl (C=O) groups is 1. The Labute approximate surface area is 233 Å². The van der Waals surface area contributed by atoms with Crippen LogP contribution in [0.15, 0.2) is 121 Å². The van der Waals surface area contributed by atoms with Crippen LogP contribution in [0.1, 0.15) is 22.3 Å². The molecule has 0 amide bonds. The molecule has 7 rings (SSSR count). The number of hydrogen-bond acceptors (Lipinski definition) is 3. The molecule has 1 heterocycles. The summed E-state index contributed by atoms with van der Waals surface area (Å²) in [6.07, 6.45) is 3.18. The zero-order chi connectivity index (χ0) is 26.9. The molecule has 0 saturated carbocycles. The molecule has 0 bridgehead atoms. The molecule has 0 N–H and O–H groups in total. The number of ether oxygens (including phenoxy) is 2. The third-order valence-corrected chi connectivity index (χ3v) is 7.82. The minimum Gasteiger partial charge on any atom is -0.394 e. The molecule has 6 aromatic rings. The van der Waals surface area contributed by atoms with E-state index in [1.807, 2.05) is 24.3 Å². The average molecular weight is 521 g/mol. The maximum atomic E-state index is 12.6. The fourth-order valence-corrected chi connectivity index (χ4v) is 5.78. The van der Waals surface area contributed by atoms with E-state index in [2.05, 4.69) is 97.1 Å². The highest BCUT2D eigenvalue weighted by atomic mass is 16.7. The molecular formula is C37H28O3. The van der Waals surface area contributed by atoms with Crippen LogP contribution in [0.4, 0.5) is 4.79 Å². The van der Waals surface area contributed by atoms with Gasteiger partial charge in [0.15, 0.2) is 0 Å². The fourth-order valence-electron chi connectivity index (χ4n) is 5.78. The van der Waals surface area contributed by atoms with Gasteiger partial charge in [0, 0.05) is 11.1 Å². The molecular weight excluding hydrogens is 492 g/mol. The molecule has 6 aromatic carbocycles. The summed E-state index contributed by atoms with van der Waals surface area (Å²) < 4.78 is 11.4. The van der Waals surface area contributed by atoms with E-state index in [1.165, 1.54) is 22.3 Å². The van der Waals surface area contributed by atoms with Crippen molar-refractivity contribution in [2.75, 3.05) is 0 Å². The number of hydrogen-bond donors (Lipinski definition) is 0. The van der Waals surface area contributed by atoms with E-state index in [-0.39, 0.29) is 0 Å². The Hall–Kier alpha value is -4.89. The van der Waals surface area contributed by atoms with Gasteiger partial charge in [0.1, 0.15) is 11.5 Å². The Morgan fingerprint density at radius 2 is 0.850 bits per heavy atom. The molecule has 1 aliphatic rings. The Bertz CT molecular complexity index is 1720. The van der Waals surface area contributed by atoms with Crippen molar-refractivity contribution in [3.8, 4) is 22.6 Å². The maximum Gasteiger partial charge on any atom is 0.519 e. The largest absolute Gasteiger partial charge is 0.519 e. The Balaban J connectivity index is 1.29. The summed E-state index contributed by atoms with van der Waals surface area (Å²) in [6, 6.07) is 42.2. The van der Waals surface area contributed by atoms with Gasteiger partial charge < -0.3 is 9.47 Å². The summed E-state index contributed by atoms with van der Waals surface area (Å²) in [5, 5.41) is 4.32. The zero-order valence-corrected chi connectivity index (χ0v) is 22.1. The van der Waals surface area contributed by atoms with Crippen molar-refractivity contribution in [1.82, 2.24) is 0 Å². The second-order valence-corrected chi connectivity index (χ2v) is 10.4. The van der Waals surface area contributed by atoms with Gasteiger partial charge in [-0.25, -0.2) is 4.79 Å². The van der Waals surface area contributed by atoms with Crippen molar-refractivity contribution in [1.29, 1.82) is 0 Å². The SMILES string of the molecule is O=C1Oc2ccc3cc(CCc4ccccc4)ccc3c2-c2c(ccc3cc(CCc4ccccc4)ccc23)O1. The summed E-state index contributed by atoms with van der Waals surface area (Å²) in [6.45, 7) is 0. The Kier molecular flexibility index (Phi) is 6.25. The highest BCUT2D eigenvalue weighted by molar-refractivity contribution is 6.11. The van der Waals surface area contributed by atoms with Gasteiger partial charge in [-0.15, -0.1) is 0 Å². The van der Waals surface area contributed by atoms with Crippen molar-refractivity contribution in [2.45, 2.75) is 25.7 Å². The molecule has 1 aliphatic heterocycles. The summed E-state index contributed by atoms with van der Waals surface area (Å²) in [7, 11) is 0. The second-order valence-electron chi connectivity index (χ2n) is 10.4. The summed E-state index contributed by atoms with van der Waals surface area (Å²) in [5.41, 5.74) is 7.01. The monoisotopic (exact) mass is 520 g/mol. The smallest absolute Gasteiger partial charge is 0.394 e. The lowest BCUT2D eigenvalue weighted by atomic mass is 9.90. The van der Waals surface area contributed by atoms with Gasteiger partial charge in [-0.3, -0.25) is 0 Å². The molecule has 0 radical (unpaired) electrons. The predicted octanol–water partition coefficient (Wildman–Crippen LogP) is 9.12. The minimum absolute atomic E-state index is 0.522. The van der Waals surface area contributed by atoms with Crippen LogP contribution in [0.3, 0.4) is 0 Å². The van der Waals surface area contributed by atoms with Gasteiger partial charge in [-0.2, -0.15) is 0 Å². The van der Waals surface area contributed by atoms with E-state index in [9.17, 15) is 4.79 Å². The molecule has 0 fully saturated rings. The van der Waals surface area contributed by atoms with Gasteiger partial charge in [0.25, 0.3) is 0 Å². The topological polar surface area (TPSA) is 35.5 Å². The van der Waals surface area contributed by atoms with Crippen molar-refractivity contribution in [3.63, 3.8) is 0 Å². The van der Waals surface area contributed by atoms with Gasteiger partial charge >= 0.3 is 6.16 Å². The van der Waals surface area contributed by atoms with Gasteiger partial charge in [-0.05, 0) is 81.6 Å². The number of carbonyl (C=O) groups excluding carboxylic acids is 1. The van der Waals surface area contributed by atoms with Crippen LogP contribution in [0.25, 0.3) is 32.7 Å². The zero-order valence-electron chi connectivity index (χ0n) is 22.1. The molecule has 3 nitrogen and oxygen atoms in total. The van der Waals surface area contributed by atoms with Gasteiger partial charge in [-0.1, -0.05) is 109 Å². The first-order chi connectivity index (χ1) is 19.7. The van der Waals surface area contributed by atoms with Crippen LogP contribution in [0.5, 0.6) is 11.5 Å². The van der Waals surface area contributed by atoms with E-state index in [0.717, 1.165) is 58.4 Å². The first-order valence-corrected chi connectivity index (χ1v) is 13.8. The fraction of sp³-hybridized carbons (Fsp3) is 0.108. The van der Waals surface area contributed by atoms with E-state index < -0.39 is 6.16 Å². The minimum atomic E-state index is -0.710. The molecule has 0 aromatic heterocycles. The van der Waals surface area contributed by atoms with E-state index in [4.69, 9.17) is 9.47 Å². The molecule has 194 valence electrons. The molecule has 3 heteroatoms. The number of aryl methyl sites for hydroxylation is 4. The van der Waals surface area contributed by atoms with Crippen LogP contribution >= 0.6 is 0 Å². The lowest BCUT2D eigenvalue weighted by molar-refractivity contribution is 0.154. The van der Waals surface area contributed by atoms with E-state index >= 15 is 0 Å². The van der Waals surface area contributed by atoms with Gasteiger partial charge in [0.2, 0.25) is 0 Å². The van der Waals surface area contributed by atoms with E-state index in [1.54, 1.807) is 0 Å². The first-order valence-electron chi connectivity index (χ1n) is 13.8. The van der Waals surface area contributed by atoms with E-state index in [0.29, 0.717) is 11.5 Å². The van der Waals surface area contributed by atoms with Crippen LogP contribution in [0, 0.1) is 0 Å². The molecule has 0 aliphatic carbocycles. The predicted molar refractivity (Wildman–Crippen MR) is 161 cm³/mol. The molecule has 40 heavy (non-hydrogen) atoms. The standard InChI is InChI=1S/C37H28O3/c38-37-39-33-21-17-29-23-27(13-11-25-7-3-1-4-8-25)15-19-31(29)35(33)36-32-20-16-28(14-12-26-9-5-2-6-10-26)24-30(32)18-22-34(36)40-37/h1-10,15-24H,11-14H2. The highest BCUT2D eigenvalue weighted by Gasteiger charge is 2.26. The normalized spacial score (nSPS) is 12.3. The molecule has 0 saturated heterocycles. The number of rotatable bonds is 6.